The van der Waals surface area contributed by atoms with E-state index in [-0.39, 0.29) is 0 Å². The van der Waals surface area contributed by atoms with E-state index in [9.17, 15) is 0 Å². The van der Waals surface area contributed by atoms with Crippen LogP contribution >= 0.6 is 8.53 Å². The summed E-state index contributed by atoms with van der Waals surface area (Å²) in [6, 6.07) is 0. The predicted octanol–water partition coefficient (Wildman–Crippen LogP) is 2.42. The molecule has 0 atom stereocenters. The minimum absolute atomic E-state index is 0.376. The Morgan fingerprint density at radius 3 is 2.14 bits per heavy atom. The second-order valence-corrected chi connectivity index (χ2v) is 3.70. The first-order valence-corrected chi connectivity index (χ1v) is 5.38. The molecule has 0 radical (unpaired) electrons. The molecular formula is C9H15N2O2P. The van der Waals surface area contributed by atoms with Crippen molar-refractivity contribution in [1.82, 2.24) is 4.67 Å². The molecule has 0 rings (SSSR count). The van der Waals surface area contributed by atoms with Crippen LogP contribution in [0.5, 0.6) is 0 Å². The third-order valence-electron chi connectivity index (χ3n) is 1.22. The fourth-order valence-corrected chi connectivity index (χ4v) is 1.76. The monoisotopic (exact) mass is 214 g/mol. The molecule has 78 valence electrons. The van der Waals surface area contributed by atoms with Crippen LogP contribution in [0.3, 0.4) is 0 Å². The second-order valence-electron chi connectivity index (χ2n) is 2.22. The van der Waals surface area contributed by atoms with E-state index in [4.69, 9.17) is 14.3 Å². The highest BCUT2D eigenvalue weighted by Gasteiger charge is 2.17. The van der Waals surface area contributed by atoms with Gasteiger partial charge in [-0.15, -0.1) is 13.2 Å². The van der Waals surface area contributed by atoms with Gasteiger partial charge in [0.25, 0.3) is 8.53 Å². The first kappa shape index (κ1) is 13.1. The first-order chi connectivity index (χ1) is 6.79. The second kappa shape index (κ2) is 8.71. The van der Waals surface area contributed by atoms with Gasteiger partial charge in [0.05, 0.1) is 13.2 Å². The summed E-state index contributed by atoms with van der Waals surface area (Å²) in [6.07, 6.45) is 5.26. The lowest BCUT2D eigenvalue weighted by atomic mass is 10.7. The molecule has 0 amide bonds. The van der Waals surface area contributed by atoms with E-state index >= 15 is 0 Å². The maximum absolute atomic E-state index is 8.78. The fraction of sp³-hybridized carbons (Fsp3) is 0.444. The molecule has 0 fully saturated rings. The van der Waals surface area contributed by atoms with Crippen LogP contribution in [0.1, 0.15) is 6.92 Å². The zero-order valence-electron chi connectivity index (χ0n) is 8.35. The van der Waals surface area contributed by atoms with E-state index < -0.39 is 8.53 Å². The van der Waals surface area contributed by atoms with E-state index in [1.165, 1.54) is 4.67 Å². The van der Waals surface area contributed by atoms with E-state index in [0.29, 0.717) is 19.8 Å². The van der Waals surface area contributed by atoms with Crippen LogP contribution in [0.15, 0.2) is 25.3 Å². The average molecular weight is 214 g/mol. The highest BCUT2D eigenvalue weighted by Crippen LogP contribution is 2.41. The quantitative estimate of drug-likeness (QED) is 0.269. The van der Waals surface area contributed by atoms with E-state index in [1.807, 2.05) is 13.1 Å². The van der Waals surface area contributed by atoms with Crippen LogP contribution in [0, 0.1) is 11.5 Å². The molecule has 14 heavy (non-hydrogen) atoms. The topological polar surface area (TPSA) is 45.5 Å². The molecule has 0 aromatic rings. The summed E-state index contributed by atoms with van der Waals surface area (Å²) in [5, 5.41) is 8.78. The molecule has 0 N–H and O–H groups in total. The van der Waals surface area contributed by atoms with Crippen LogP contribution < -0.4 is 0 Å². The van der Waals surface area contributed by atoms with Crippen molar-refractivity contribution in [3.05, 3.63) is 25.3 Å². The normalized spacial score (nSPS) is 9.50. The van der Waals surface area contributed by atoms with Crippen LogP contribution in [0.4, 0.5) is 0 Å². The van der Waals surface area contributed by atoms with Gasteiger partial charge < -0.3 is 9.05 Å². The van der Waals surface area contributed by atoms with Gasteiger partial charge in [0.1, 0.15) is 0 Å². The van der Waals surface area contributed by atoms with Gasteiger partial charge in [0, 0.05) is 6.54 Å². The molecule has 0 saturated carbocycles. The molecule has 0 aliphatic rings. The molecule has 0 aliphatic heterocycles. The van der Waals surface area contributed by atoms with Gasteiger partial charge >= 0.3 is 0 Å². The Morgan fingerprint density at radius 2 is 1.86 bits per heavy atom. The molecule has 0 aromatic heterocycles. The van der Waals surface area contributed by atoms with Crippen molar-refractivity contribution >= 4 is 8.53 Å². The Bertz CT molecular complexity index is 203. The van der Waals surface area contributed by atoms with Gasteiger partial charge in [-0.1, -0.05) is 12.2 Å². The average Bonchev–Trinajstić information content (AvgIpc) is 2.22. The maximum Gasteiger partial charge on any atom is 0.299 e. The third kappa shape index (κ3) is 4.98. The lowest BCUT2D eigenvalue weighted by molar-refractivity contribution is 0.257. The van der Waals surface area contributed by atoms with Gasteiger partial charge in [0.2, 0.25) is 0 Å². The molecule has 0 heterocycles. The Morgan fingerprint density at radius 1 is 1.36 bits per heavy atom. The summed E-state index contributed by atoms with van der Waals surface area (Å²) in [5.74, 6) is 0. The summed E-state index contributed by atoms with van der Waals surface area (Å²) in [6.45, 7) is 10.3. The summed E-state index contributed by atoms with van der Waals surface area (Å²) >= 11 is 0. The first-order valence-electron chi connectivity index (χ1n) is 4.25. The van der Waals surface area contributed by atoms with Crippen molar-refractivity contribution in [2.75, 3.05) is 19.8 Å². The Hall–Kier alpha value is -0.880. The lowest BCUT2D eigenvalue weighted by Gasteiger charge is -2.22. The highest BCUT2D eigenvalue weighted by molar-refractivity contribution is 7.44. The van der Waals surface area contributed by atoms with Crippen molar-refractivity contribution in [2.24, 2.45) is 0 Å². The van der Waals surface area contributed by atoms with Crippen LogP contribution in [0.25, 0.3) is 0 Å². The molecule has 0 saturated heterocycles. The largest absolute Gasteiger partial charge is 0.313 e. The van der Waals surface area contributed by atoms with Gasteiger partial charge in [-0.3, -0.25) is 0 Å². The number of hydrogen-bond donors (Lipinski definition) is 0. The van der Waals surface area contributed by atoms with Crippen molar-refractivity contribution in [3.63, 3.8) is 0 Å². The Kier molecular flexibility index (Phi) is 8.16. The number of rotatable bonds is 8. The van der Waals surface area contributed by atoms with Gasteiger partial charge in [-0.25, -0.2) is 4.67 Å². The SMILES string of the molecule is C=CCOP(OCC=C)N(C#N)CC. The molecule has 4 nitrogen and oxygen atoms in total. The highest BCUT2D eigenvalue weighted by atomic mass is 31.2. The molecule has 0 aromatic carbocycles. The molecule has 5 heteroatoms. The molecule has 0 spiro atoms. The summed E-state index contributed by atoms with van der Waals surface area (Å²) in [4.78, 5) is 0. The molecule has 0 aliphatic carbocycles. The van der Waals surface area contributed by atoms with Crippen LogP contribution in [0.2, 0.25) is 0 Å². The predicted molar refractivity (Wildman–Crippen MR) is 57.2 cm³/mol. The minimum atomic E-state index is -1.31. The van der Waals surface area contributed by atoms with E-state index in [2.05, 4.69) is 13.2 Å². The minimum Gasteiger partial charge on any atom is -0.313 e. The molecule has 0 unspecified atom stereocenters. The van der Waals surface area contributed by atoms with Crippen LogP contribution in [-0.4, -0.2) is 24.4 Å². The number of nitriles is 1. The number of nitrogens with zero attached hydrogens (tertiary/aromatic N) is 2. The van der Waals surface area contributed by atoms with Gasteiger partial charge in [0.15, 0.2) is 6.19 Å². The van der Waals surface area contributed by atoms with Crippen molar-refractivity contribution in [1.29, 1.82) is 5.26 Å². The summed E-state index contributed by atoms with van der Waals surface area (Å²) in [5.41, 5.74) is 0. The zero-order chi connectivity index (χ0) is 10.8. The van der Waals surface area contributed by atoms with E-state index in [1.54, 1.807) is 12.2 Å². The van der Waals surface area contributed by atoms with Crippen molar-refractivity contribution in [3.8, 4) is 6.19 Å². The maximum atomic E-state index is 8.78. The lowest BCUT2D eigenvalue weighted by Crippen LogP contribution is -2.14. The van der Waals surface area contributed by atoms with Gasteiger partial charge in [-0.2, -0.15) is 5.26 Å². The smallest absolute Gasteiger partial charge is 0.299 e. The van der Waals surface area contributed by atoms with Crippen molar-refractivity contribution < 1.29 is 9.05 Å². The fourth-order valence-electron chi connectivity index (χ4n) is 0.632. The standard InChI is InChI=1S/C9H15N2O2P/c1-4-7-12-14(13-8-5-2)11(6-3)9-10/h4-5H,1-2,6-8H2,3H3. The molecule has 0 bridgehead atoms. The van der Waals surface area contributed by atoms with Gasteiger partial charge in [-0.05, 0) is 6.92 Å². The summed E-state index contributed by atoms with van der Waals surface area (Å²) in [7, 11) is -1.31. The summed E-state index contributed by atoms with van der Waals surface area (Å²) < 4.78 is 12.1. The van der Waals surface area contributed by atoms with Crippen molar-refractivity contribution in [2.45, 2.75) is 6.92 Å². The van der Waals surface area contributed by atoms with E-state index in [0.717, 1.165) is 0 Å². The van der Waals surface area contributed by atoms with Crippen LogP contribution in [-0.2, 0) is 9.05 Å². The third-order valence-corrected chi connectivity index (χ3v) is 2.72. The number of hydrogen-bond acceptors (Lipinski definition) is 4. The zero-order valence-corrected chi connectivity index (χ0v) is 9.24. The Labute approximate surface area is 86.4 Å². The Balaban J connectivity index is 4.13. The molecular weight excluding hydrogens is 199 g/mol.